The highest BCUT2D eigenvalue weighted by Crippen LogP contribution is 2.30. The summed E-state index contributed by atoms with van der Waals surface area (Å²) in [6, 6.07) is -0.413. The predicted octanol–water partition coefficient (Wildman–Crippen LogP) is 1.99. The summed E-state index contributed by atoms with van der Waals surface area (Å²) < 4.78 is 0. The second-order valence-electron chi connectivity index (χ2n) is 6.11. The molecule has 0 aliphatic carbocycles. The van der Waals surface area contributed by atoms with Crippen LogP contribution in [-0.2, 0) is 9.59 Å². The molecule has 0 spiro atoms. The van der Waals surface area contributed by atoms with Crippen LogP contribution < -0.4 is 0 Å². The number of piperazine rings is 1. The van der Waals surface area contributed by atoms with Crippen LogP contribution in [-0.4, -0.2) is 58.8 Å². The Hall–Kier alpha value is -0.710. The van der Waals surface area contributed by atoms with Crippen molar-refractivity contribution in [2.24, 2.45) is 5.92 Å². The minimum atomic E-state index is -0.244. The first-order chi connectivity index (χ1) is 9.57. The molecule has 2 aliphatic rings. The molecule has 5 heteroatoms. The van der Waals surface area contributed by atoms with E-state index in [1.807, 2.05) is 35.4 Å². The molecule has 2 fully saturated rings. The van der Waals surface area contributed by atoms with Gasteiger partial charge in [-0.3, -0.25) is 9.59 Å². The maximum Gasteiger partial charge on any atom is 0.246 e. The van der Waals surface area contributed by atoms with E-state index in [4.69, 9.17) is 0 Å². The monoisotopic (exact) mass is 298 g/mol. The molecule has 0 saturated carbocycles. The van der Waals surface area contributed by atoms with Crippen molar-refractivity contribution in [3.05, 3.63) is 0 Å². The van der Waals surface area contributed by atoms with Crippen LogP contribution in [0.1, 0.15) is 39.5 Å². The number of nitrogens with zero attached hydrogens (tertiary/aromatic N) is 2. The van der Waals surface area contributed by atoms with Gasteiger partial charge in [0.2, 0.25) is 11.8 Å². The van der Waals surface area contributed by atoms with Crippen molar-refractivity contribution in [2.75, 3.05) is 25.1 Å². The fraction of sp³-hybridized carbons (Fsp3) is 0.867. The van der Waals surface area contributed by atoms with Gasteiger partial charge in [0, 0.05) is 13.1 Å². The smallest absolute Gasteiger partial charge is 0.246 e. The summed E-state index contributed by atoms with van der Waals surface area (Å²) in [5.74, 6) is 1.67. The van der Waals surface area contributed by atoms with E-state index in [9.17, 15) is 9.59 Å². The number of carbonyl (C=O) groups is 2. The van der Waals surface area contributed by atoms with Gasteiger partial charge in [0.25, 0.3) is 0 Å². The number of carbonyl (C=O) groups excluding carboxylic acids is 2. The minimum absolute atomic E-state index is 0.168. The molecule has 4 nitrogen and oxygen atoms in total. The van der Waals surface area contributed by atoms with Crippen LogP contribution in [0.25, 0.3) is 0 Å². The van der Waals surface area contributed by atoms with Crippen molar-refractivity contribution >= 4 is 23.6 Å². The fourth-order valence-corrected chi connectivity index (χ4v) is 3.83. The molecule has 2 atom stereocenters. The summed E-state index contributed by atoms with van der Waals surface area (Å²) in [6.45, 7) is 5.58. The van der Waals surface area contributed by atoms with Crippen LogP contribution in [0.15, 0.2) is 0 Å². The molecule has 2 heterocycles. The summed E-state index contributed by atoms with van der Waals surface area (Å²) >= 11 is 1.83. The number of unbranched alkanes of at least 4 members (excludes halogenated alkanes) is 1. The first-order valence-corrected chi connectivity index (χ1v) is 9.07. The first kappa shape index (κ1) is 15.7. The molecule has 2 saturated heterocycles. The van der Waals surface area contributed by atoms with Crippen molar-refractivity contribution in [3.63, 3.8) is 0 Å². The zero-order valence-electron chi connectivity index (χ0n) is 12.8. The number of thioether (sulfide) groups is 1. The molecule has 20 heavy (non-hydrogen) atoms. The van der Waals surface area contributed by atoms with E-state index in [-0.39, 0.29) is 29.8 Å². The lowest BCUT2D eigenvalue weighted by Gasteiger charge is -2.44. The quantitative estimate of drug-likeness (QED) is 0.704. The van der Waals surface area contributed by atoms with E-state index >= 15 is 0 Å². The maximum atomic E-state index is 12.7. The molecular formula is C15H26N2O2S. The van der Waals surface area contributed by atoms with E-state index in [0.717, 1.165) is 44.5 Å². The SMILES string of the molecule is CSCCCCN1C(=O)C2CCCN2C(=O)C1C(C)C. The molecule has 0 aromatic carbocycles. The highest BCUT2D eigenvalue weighted by Gasteiger charge is 2.48. The van der Waals surface area contributed by atoms with Crippen LogP contribution in [0.4, 0.5) is 0 Å². The molecule has 0 aromatic heterocycles. The van der Waals surface area contributed by atoms with Crippen LogP contribution >= 0.6 is 11.8 Å². The van der Waals surface area contributed by atoms with E-state index in [1.54, 1.807) is 0 Å². The summed E-state index contributed by atoms with van der Waals surface area (Å²) in [7, 11) is 0. The van der Waals surface area contributed by atoms with E-state index in [2.05, 4.69) is 6.26 Å². The van der Waals surface area contributed by atoms with E-state index in [1.165, 1.54) is 0 Å². The van der Waals surface area contributed by atoms with E-state index in [0.29, 0.717) is 0 Å². The van der Waals surface area contributed by atoms with Gasteiger partial charge in [-0.25, -0.2) is 0 Å². The molecule has 2 aliphatic heterocycles. The van der Waals surface area contributed by atoms with Gasteiger partial charge in [0.15, 0.2) is 0 Å². The number of amides is 2. The molecule has 114 valence electrons. The highest BCUT2D eigenvalue weighted by atomic mass is 32.2. The Morgan fingerprint density at radius 3 is 2.65 bits per heavy atom. The summed E-state index contributed by atoms with van der Waals surface area (Å²) in [5.41, 5.74) is 0. The van der Waals surface area contributed by atoms with Crippen molar-refractivity contribution < 1.29 is 9.59 Å². The van der Waals surface area contributed by atoms with Gasteiger partial charge in [-0.05, 0) is 43.6 Å². The number of rotatable bonds is 6. The van der Waals surface area contributed by atoms with E-state index < -0.39 is 0 Å². The molecule has 0 bridgehead atoms. The molecular weight excluding hydrogens is 272 g/mol. The average molecular weight is 298 g/mol. The van der Waals surface area contributed by atoms with Crippen LogP contribution in [0.2, 0.25) is 0 Å². The van der Waals surface area contributed by atoms with Crippen LogP contribution in [0.3, 0.4) is 0 Å². The van der Waals surface area contributed by atoms with Crippen LogP contribution in [0.5, 0.6) is 0 Å². The Kier molecular flexibility index (Phi) is 5.35. The van der Waals surface area contributed by atoms with Gasteiger partial charge >= 0.3 is 0 Å². The number of hydrogen-bond donors (Lipinski definition) is 0. The molecule has 2 amide bonds. The lowest BCUT2D eigenvalue weighted by molar-refractivity contribution is -0.161. The number of hydrogen-bond acceptors (Lipinski definition) is 3. The second kappa shape index (κ2) is 6.83. The Balaban J connectivity index is 2.08. The molecule has 0 radical (unpaired) electrons. The standard InChI is InChI=1S/C15H26N2O2S/c1-11(2)13-15(19)16-9-6-7-12(16)14(18)17(13)8-4-5-10-20-3/h11-13H,4-10H2,1-3H3. The lowest BCUT2D eigenvalue weighted by Crippen LogP contribution is -2.64. The Morgan fingerprint density at radius 1 is 1.25 bits per heavy atom. The minimum Gasteiger partial charge on any atom is -0.329 e. The average Bonchev–Trinajstić information content (AvgIpc) is 2.89. The normalized spacial score (nSPS) is 26.6. The maximum absolute atomic E-state index is 12.7. The van der Waals surface area contributed by atoms with Gasteiger partial charge in [0.1, 0.15) is 12.1 Å². The third-order valence-electron chi connectivity index (χ3n) is 4.32. The largest absolute Gasteiger partial charge is 0.329 e. The highest BCUT2D eigenvalue weighted by molar-refractivity contribution is 7.98. The summed E-state index contributed by atoms with van der Waals surface area (Å²) in [6.07, 6.45) is 6.01. The zero-order chi connectivity index (χ0) is 14.7. The van der Waals surface area contributed by atoms with Gasteiger partial charge in [-0.15, -0.1) is 0 Å². The van der Waals surface area contributed by atoms with Gasteiger partial charge in [-0.1, -0.05) is 13.8 Å². The predicted molar refractivity (Wildman–Crippen MR) is 82.7 cm³/mol. The summed E-state index contributed by atoms with van der Waals surface area (Å²) in [5, 5.41) is 0. The van der Waals surface area contributed by atoms with Crippen molar-refractivity contribution in [2.45, 2.75) is 51.6 Å². The lowest BCUT2D eigenvalue weighted by atomic mass is 9.95. The molecule has 0 N–H and O–H groups in total. The third-order valence-corrected chi connectivity index (χ3v) is 5.02. The van der Waals surface area contributed by atoms with Crippen molar-refractivity contribution in [1.82, 2.24) is 9.80 Å². The zero-order valence-corrected chi connectivity index (χ0v) is 13.6. The van der Waals surface area contributed by atoms with Gasteiger partial charge < -0.3 is 9.80 Å². The topological polar surface area (TPSA) is 40.6 Å². The second-order valence-corrected chi connectivity index (χ2v) is 7.10. The first-order valence-electron chi connectivity index (χ1n) is 7.67. The molecule has 0 aromatic rings. The van der Waals surface area contributed by atoms with Crippen molar-refractivity contribution in [1.29, 1.82) is 0 Å². The summed E-state index contributed by atoms with van der Waals surface area (Å²) in [4.78, 5) is 29.0. The van der Waals surface area contributed by atoms with Crippen LogP contribution in [0, 0.1) is 5.92 Å². The third kappa shape index (κ3) is 2.97. The van der Waals surface area contributed by atoms with Gasteiger partial charge in [-0.2, -0.15) is 11.8 Å². The van der Waals surface area contributed by atoms with Crippen molar-refractivity contribution in [3.8, 4) is 0 Å². The Morgan fingerprint density at radius 2 is 2.00 bits per heavy atom. The Labute approximate surface area is 126 Å². The fourth-order valence-electron chi connectivity index (χ4n) is 3.34. The van der Waals surface area contributed by atoms with Gasteiger partial charge in [0.05, 0.1) is 0 Å². The number of fused-ring (bicyclic) bond motifs is 1. The Bertz CT molecular complexity index is 373. The molecule has 2 rings (SSSR count). The molecule has 2 unspecified atom stereocenters.